The highest BCUT2D eigenvalue weighted by molar-refractivity contribution is 5.66. The summed E-state index contributed by atoms with van der Waals surface area (Å²) >= 11 is 0. The monoisotopic (exact) mass is 289 g/mol. The number of nitrogens with zero attached hydrogens (tertiary/aromatic N) is 3. The molecule has 2 heterocycles. The SMILES string of the molecule is CNc1cn2ccnc2c(NC2(CO)CCCC(C)C2)n1. The van der Waals surface area contributed by atoms with E-state index in [-0.39, 0.29) is 12.1 Å². The van der Waals surface area contributed by atoms with Gasteiger partial charge in [0.2, 0.25) is 0 Å². The molecule has 21 heavy (non-hydrogen) atoms. The van der Waals surface area contributed by atoms with Crippen molar-refractivity contribution in [1.82, 2.24) is 14.4 Å². The van der Waals surface area contributed by atoms with Crippen LogP contribution in [0.25, 0.3) is 5.65 Å². The van der Waals surface area contributed by atoms with Crippen molar-refractivity contribution in [2.45, 2.75) is 38.1 Å². The highest BCUT2D eigenvalue weighted by atomic mass is 16.3. The quantitative estimate of drug-likeness (QED) is 0.804. The van der Waals surface area contributed by atoms with Gasteiger partial charge in [-0.2, -0.15) is 0 Å². The summed E-state index contributed by atoms with van der Waals surface area (Å²) in [4.78, 5) is 8.96. The maximum Gasteiger partial charge on any atom is 0.180 e. The molecular weight excluding hydrogens is 266 g/mol. The fraction of sp³-hybridized carbons (Fsp3) is 0.600. The van der Waals surface area contributed by atoms with Crippen LogP contribution in [0.15, 0.2) is 18.6 Å². The third-order valence-electron chi connectivity index (χ3n) is 4.41. The lowest BCUT2D eigenvalue weighted by atomic mass is 9.77. The minimum absolute atomic E-state index is 0.121. The van der Waals surface area contributed by atoms with Crippen LogP contribution in [-0.2, 0) is 0 Å². The maximum absolute atomic E-state index is 9.94. The number of nitrogens with one attached hydrogen (secondary N) is 2. The van der Waals surface area contributed by atoms with Crippen LogP contribution in [0.3, 0.4) is 0 Å². The molecule has 1 aliphatic carbocycles. The second-order valence-corrected chi connectivity index (χ2v) is 6.15. The van der Waals surface area contributed by atoms with E-state index in [1.807, 2.05) is 23.8 Å². The molecule has 1 fully saturated rings. The Morgan fingerprint density at radius 2 is 2.38 bits per heavy atom. The predicted octanol–water partition coefficient (Wildman–Crippen LogP) is 2.12. The number of aliphatic hydroxyl groups is 1. The Morgan fingerprint density at radius 3 is 3.10 bits per heavy atom. The van der Waals surface area contributed by atoms with Gasteiger partial charge in [0.1, 0.15) is 5.82 Å². The molecule has 6 heteroatoms. The zero-order valence-corrected chi connectivity index (χ0v) is 12.6. The second kappa shape index (κ2) is 5.52. The largest absolute Gasteiger partial charge is 0.394 e. The maximum atomic E-state index is 9.94. The number of hydrogen-bond acceptors (Lipinski definition) is 5. The number of rotatable bonds is 4. The molecule has 114 valence electrons. The molecule has 0 bridgehead atoms. The van der Waals surface area contributed by atoms with Crippen molar-refractivity contribution in [3.05, 3.63) is 18.6 Å². The Morgan fingerprint density at radius 1 is 1.52 bits per heavy atom. The number of aliphatic hydroxyl groups excluding tert-OH is 1. The number of anilines is 2. The van der Waals surface area contributed by atoms with Crippen molar-refractivity contribution in [1.29, 1.82) is 0 Å². The van der Waals surface area contributed by atoms with Crippen LogP contribution < -0.4 is 10.6 Å². The molecule has 0 aliphatic heterocycles. The van der Waals surface area contributed by atoms with Crippen molar-refractivity contribution in [3.63, 3.8) is 0 Å². The van der Waals surface area contributed by atoms with Gasteiger partial charge < -0.3 is 20.1 Å². The molecule has 0 spiro atoms. The van der Waals surface area contributed by atoms with Crippen molar-refractivity contribution >= 4 is 17.3 Å². The Balaban J connectivity index is 1.97. The molecule has 0 aromatic carbocycles. The molecule has 2 unspecified atom stereocenters. The predicted molar refractivity (Wildman–Crippen MR) is 83.6 cm³/mol. The van der Waals surface area contributed by atoms with Gasteiger partial charge in [-0.25, -0.2) is 9.97 Å². The van der Waals surface area contributed by atoms with Crippen LogP contribution in [0.4, 0.5) is 11.6 Å². The van der Waals surface area contributed by atoms with E-state index >= 15 is 0 Å². The first-order chi connectivity index (χ1) is 10.2. The van der Waals surface area contributed by atoms with Gasteiger partial charge >= 0.3 is 0 Å². The highest BCUT2D eigenvalue weighted by Crippen LogP contribution is 2.35. The lowest BCUT2D eigenvalue weighted by Gasteiger charge is -2.39. The third-order valence-corrected chi connectivity index (χ3v) is 4.41. The van der Waals surface area contributed by atoms with Gasteiger partial charge in [0.25, 0.3) is 0 Å². The summed E-state index contributed by atoms with van der Waals surface area (Å²) in [5, 5.41) is 16.5. The highest BCUT2D eigenvalue weighted by Gasteiger charge is 2.35. The fourth-order valence-electron chi connectivity index (χ4n) is 3.34. The van der Waals surface area contributed by atoms with Crippen LogP contribution in [0.5, 0.6) is 0 Å². The number of imidazole rings is 1. The van der Waals surface area contributed by atoms with Crippen LogP contribution in [0, 0.1) is 5.92 Å². The van der Waals surface area contributed by atoms with E-state index in [1.54, 1.807) is 6.20 Å². The number of fused-ring (bicyclic) bond motifs is 1. The standard InChI is InChI=1S/C15H23N5O/c1-11-4-3-5-15(8-11,10-21)19-13-14-17-6-7-20(14)9-12(16-2)18-13/h6-7,9,11,16,21H,3-5,8,10H2,1-2H3,(H,18,19). The van der Waals surface area contributed by atoms with Crippen LogP contribution in [-0.4, -0.2) is 38.7 Å². The summed E-state index contributed by atoms with van der Waals surface area (Å²) in [6, 6.07) is 0. The lowest BCUT2D eigenvalue weighted by Crippen LogP contribution is -2.46. The molecular formula is C15H23N5O. The first-order valence-electron chi connectivity index (χ1n) is 7.56. The molecule has 1 aliphatic rings. The van der Waals surface area contributed by atoms with Gasteiger partial charge in [-0.3, -0.25) is 0 Å². The normalized spacial score (nSPS) is 26.0. The Bertz CT molecular complexity index is 626. The number of aromatic nitrogens is 3. The van der Waals surface area contributed by atoms with E-state index in [0.29, 0.717) is 5.92 Å². The minimum Gasteiger partial charge on any atom is -0.394 e. The van der Waals surface area contributed by atoms with Gasteiger partial charge in [-0.15, -0.1) is 0 Å². The van der Waals surface area contributed by atoms with Gasteiger partial charge in [0.15, 0.2) is 11.5 Å². The Kier molecular flexibility index (Phi) is 3.71. The first kappa shape index (κ1) is 14.1. The summed E-state index contributed by atoms with van der Waals surface area (Å²) in [5.74, 6) is 2.12. The zero-order chi connectivity index (χ0) is 14.9. The first-order valence-corrected chi connectivity index (χ1v) is 7.56. The Hall–Kier alpha value is -1.82. The molecule has 0 saturated heterocycles. The van der Waals surface area contributed by atoms with Crippen molar-refractivity contribution in [2.75, 3.05) is 24.3 Å². The molecule has 0 amide bonds. The molecule has 2 aromatic heterocycles. The molecule has 0 radical (unpaired) electrons. The van der Waals surface area contributed by atoms with E-state index < -0.39 is 0 Å². The van der Waals surface area contributed by atoms with Gasteiger partial charge in [-0.1, -0.05) is 19.8 Å². The summed E-state index contributed by atoms with van der Waals surface area (Å²) in [7, 11) is 1.85. The number of hydrogen-bond donors (Lipinski definition) is 3. The summed E-state index contributed by atoms with van der Waals surface area (Å²) in [5.41, 5.74) is 0.503. The smallest absolute Gasteiger partial charge is 0.180 e. The van der Waals surface area contributed by atoms with E-state index in [4.69, 9.17) is 0 Å². The van der Waals surface area contributed by atoms with E-state index in [2.05, 4.69) is 27.5 Å². The van der Waals surface area contributed by atoms with Crippen LogP contribution >= 0.6 is 0 Å². The lowest BCUT2D eigenvalue weighted by molar-refractivity contribution is 0.149. The van der Waals surface area contributed by atoms with Crippen LogP contribution in [0.1, 0.15) is 32.6 Å². The Labute approximate surface area is 124 Å². The van der Waals surface area contributed by atoms with E-state index in [9.17, 15) is 5.11 Å². The average Bonchev–Trinajstić information content (AvgIpc) is 2.95. The molecule has 6 nitrogen and oxygen atoms in total. The van der Waals surface area contributed by atoms with Crippen molar-refractivity contribution in [2.24, 2.45) is 5.92 Å². The molecule has 1 saturated carbocycles. The van der Waals surface area contributed by atoms with E-state index in [1.165, 1.54) is 6.42 Å². The third kappa shape index (κ3) is 2.68. The average molecular weight is 289 g/mol. The zero-order valence-electron chi connectivity index (χ0n) is 12.6. The summed E-state index contributed by atoms with van der Waals surface area (Å²) < 4.78 is 1.94. The minimum atomic E-state index is -0.288. The van der Waals surface area contributed by atoms with Crippen molar-refractivity contribution < 1.29 is 5.11 Å². The van der Waals surface area contributed by atoms with Gasteiger partial charge in [-0.05, 0) is 18.8 Å². The summed E-state index contributed by atoms with van der Waals surface area (Å²) in [6.45, 7) is 2.36. The van der Waals surface area contributed by atoms with E-state index in [0.717, 1.165) is 36.5 Å². The fourth-order valence-corrected chi connectivity index (χ4v) is 3.34. The van der Waals surface area contributed by atoms with Gasteiger partial charge in [0.05, 0.1) is 18.3 Å². The second-order valence-electron chi connectivity index (χ2n) is 6.15. The molecule has 3 N–H and O–H groups in total. The van der Waals surface area contributed by atoms with Gasteiger partial charge in [0, 0.05) is 19.4 Å². The molecule has 2 aromatic rings. The molecule has 2 atom stereocenters. The molecule has 3 rings (SSSR count). The topological polar surface area (TPSA) is 74.5 Å². The summed E-state index contributed by atoms with van der Waals surface area (Å²) in [6.07, 6.45) is 9.85. The van der Waals surface area contributed by atoms with Crippen molar-refractivity contribution in [3.8, 4) is 0 Å². The van der Waals surface area contributed by atoms with Crippen LogP contribution in [0.2, 0.25) is 0 Å².